The van der Waals surface area contributed by atoms with Gasteiger partial charge in [-0.3, -0.25) is 4.98 Å². The molecule has 0 aliphatic carbocycles. The molecule has 0 radical (unpaired) electrons. The van der Waals surface area contributed by atoms with Crippen LogP contribution in [0.5, 0.6) is 11.5 Å². The van der Waals surface area contributed by atoms with Crippen LogP contribution >= 0.6 is 0 Å². The average Bonchev–Trinajstić information content (AvgIpc) is 2.93. The fourth-order valence-electron chi connectivity index (χ4n) is 3.39. The number of aromatic nitrogens is 1. The maximum absolute atomic E-state index is 6.14. The molecule has 5 nitrogen and oxygen atoms in total. The van der Waals surface area contributed by atoms with Crippen LogP contribution in [-0.4, -0.2) is 30.4 Å². The van der Waals surface area contributed by atoms with Crippen LogP contribution in [0.3, 0.4) is 0 Å². The third-order valence-electron chi connectivity index (χ3n) is 5.87. The van der Waals surface area contributed by atoms with Crippen molar-refractivity contribution in [3.63, 3.8) is 0 Å². The highest BCUT2D eigenvalue weighted by molar-refractivity contribution is 6.62. The van der Waals surface area contributed by atoms with Crippen LogP contribution in [-0.2, 0) is 15.9 Å². The minimum atomic E-state index is -0.438. The molecular formula is C23H26BNO4. The first-order chi connectivity index (χ1) is 13.8. The molecule has 6 heteroatoms. The number of hydrogen-bond donors (Lipinski definition) is 0. The molecule has 29 heavy (non-hydrogen) atoms. The molecule has 0 amide bonds. The molecule has 1 saturated heterocycles. The molecule has 0 bridgehead atoms. The first-order valence-electron chi connectivity index (χ1n) is 9.79. The molecule has 0 spiro atoms. The molecule has 0 saturated carbocycles. The van der Waals surface area contributed by atoms with Crippen molar-refractivity contribution in [1.29, 1.82) is 0 Å². The lowest BCUT2D eigenvalue weighted by molar-refractivity contribution is 0.00578. The van der Waals surface area contributed by atoms with Gasteiger partial charge in [0.2, 0.25) is 0 Å². The van der Waals surface area contributed by atoms with Gasteiger partial charge in [-0.2, -0.15) is 0 Å². The maximum Gasteiger partial charge on any atom is 0.494 e. The van der Waals surface area contributed by atoms with Crippen molar-refractivity contribution in [1.82, 2.24) is 4.98 Å². The van der Waals surface area contributed by atoms with Crippen molar-refractivity contribution in [3.8, 4) is 11.5 Å². The van der Waals surface area contributed by atoms with Gasteiger partial charge >= 0.3 is 7.12 Å². The van der Waals surface area contributed by atoms with Crippen LogP contribution in [0.15, 0.2) is 54.9 Å². The Balaban J connectivity index is 1.55. The summed E-state index contributed by atoms with van der Waals surface area (Å²) in [6, 6.07) is 13.9. The van der Waals surface area contributed by atoms with E-state index in [-0.39, 0.29) is 11.2 Å². The highest BCUT2D eigenvalue weighted by Crippen LogP contribution is 2.37. The van der Waals surface area contributed by atoms with Gasteiger partial charge in [-0.05, 0) is 62.3 Å². The second-order valence-electron chi connectivity index (χ2n) is 8.30. The fraction of sp³-hybridized carbons (Fsp3) is 0.348. The highest BCUT2D eigenvalue weighted by Gasteiger charge is 2.51. The van der Waals surface area contributed by atoms with E-state index >= 15 is 0 Å². The average molecular weight is 391 g/mol. The predicted molar refractivity (Wildman–Crippen MR) is 115 cm³/mol. The second kappa shape index (κ2) is 7.36. The van der Waals surface area contributed by atoms with E-state index in [0.29, 0.717) is 18.1 Å². The van der Waals surface area contributed by atoms with E-state index in [2.05, 4.69) is 17.1 Å². The number of rotatable bonds is 5. The van der Waals surface area contributed by atoms with Crippen molar-refractivity contribution >= 4 is 23.4 Å². The lowest BCUT2D eigenvalue weighted by atomic mass is 9.79. The summed E-state index contributed by atoms with van der Waals surface area (Å²) < 4.78 is 23.9. The summed E-state index contributed by atoms with van der Waals surface area (Å²) in [7, 11) is 1.20. The minimum Gasteiger partial charge on any atom is -0.493 e. The molecular weight excluding hydrogens is 365 g/mol. The Morgan fingerprint density at radius 3 is 2.45 bits per heavy atom. The summed E-state index contributed by atoms with van der Waals surface area (Å²) in [6.45, 7) is 8.60. The van der Waals surface area contributed by atoms with Crippen LogP contribution in [0, 0.1) is 0 Å². The van der Waals surface area contributed by atoms with Crippen LogP contribution in [0.1, 0.15) is 33.3 Å². The minimum absolute atomic E-state index is 0.386. The summed E-state index contributed by atoms with van der Waals surface area (Å²) in [5.41, 5.74) is 1.21. The standard InChI is InChI=1S/C23H26BNO4/c1-22(2)23(3,4)29-24(28-22)18-9-10-20(21(13-18)26-5)27-15-17-8-6-7-16-11-12-25-14-19(16)17/h6-14H,15H2,1-5H3. The Labute approximate surface area is 172 Å². The zero-order chi connectivity index (χ0) is 20.6. The Hall–Kier alpha value is -2.57. The van der Waals surface area contributed by atoms with Gasteiger partial charge in [-0.15, -0.1) is 0 Å². The number of pyridine rings is 1. The molecule has 4 rings (SSSR count). The number of benzene rings is 2. The molecule has 150 valence electrons. The van der Waals surface area contributed by atoms with E-state index < -0.39 is 7.12 Å². The fourth-order valence-corrected chi connectivity index (χ4v) is 3.39. The van der Waals surface area contributed by atoms with Crippen LogP contribution in [0.4, 0.5) is 0 Å². The smallest absolute Gasteiger partial charge is 0.493 e. The first-order valence-corrected chi connectivity index (χ1v) is 9.79. The quantitative estimate of drug-likeness (QED) is 0.613. The van der Waals surface area contributed by atoms with E-state index in [1.165, 1.54) is 0 Å². The van der Waals surface area contributed by atoms with Gasteiger partial charge in [-0.1, -0.05) is 24.3 Å². The lowest BCUT2D eigenvalue weighted by Gasteiger charge is -2.32. The number of fused-ring (bicyclic) bond motifs is 1. The normalized spacial score (nSPS) is 17.5. The largest absolute Gasteiger partial charge is 0.494 e. The molecule has 2 heterocycles. The van der Waals surface area contributed by atoms with E-state index in [9.17, 15) is 0 Å². The van der Waals surface area contributed by atoms with Gasteiger partial charge in [0.25, 0.3) is 0 Å². The Morgan fingerprint density at radius 2 is 1.72 bits per heavy atom. The monoisotopic (exact) mass is 391 g/mol. The molecule has 0 unspecified atom stereocenters. The summed E-state index contributed by atoms with van der Waals surface area (Å²) in [5.74, 6) is 1.32. The summed E-state index contributed by atoms with van der Waals surface area (Å²) in [5, 5.41) is 2.23. The van der Waals surface area contributed by atoms with Gasteiger partial charge in [0.15, 0.2) is 11.5 Å². The van der Waals surface area contributed by atoms with Crippen molar-refractivity contribution in [2.75, 3.05) is 7.11 Å². The molecule has 1 aliphatic heterocycles. The van der Waals surface area contributed by atoms with Crippen molar-refractivity contribution < 1.29 is 18.8 Å². The third kappa shape index (κ3) is 3.70. The Morgan fingerprint density at radius 1 is 0.966 bits per heavy atom. The van der Waals surface area contributed by atoms with Gasteiger partial charge in [-0.25, -0.2) is 0 Å². The van der Waals surface area contributed by atoms with Crippen LogP contribution in [0.25, 0.3) is 10.8 Å². The number of methoxy groups -OCH3 is 1. The number of nitrogens with zero attached hydrogens (tertiary/aromatic N) is 1. The summed E-state index contributed by atoms with van der Waals surface area (Å²) >= 11 is 0. The Bertz CT molecular complexity index is 1010. The topological polar surface area (TPSA) is 49.8 Å². The second-order valence-corrected chi connectivity index (χ2v) is 8.30. The van der Waals surface area contributed by atoms with E-state index in [0.717, 1.165) is 21.8 Å². The van der Waals surface area contributed by atoms with E-state index in [1.54, 1.807) is 13.3 Å². The first kappa shape index (κ1) is 19.7. The van der Waals surface area contributed by atoms with Crippen molar-refractivity contribution in [3.05, 3.63) is 60.4 Å². The van der Waals surface area contributed by atoms with Crippen LogP contribution in [0.2, 0.25) is 0 Å². The zero-order valence-electron chi connectivity index (χ0n) is 17.6. The van der Waals surface area contributed by atoms with Crippen molar-refractivity contribution in [2.45, 2.75) is 45.5 Å². The molecule has 1 aromatic heterocycles. The zero-order valence-corrected chi connectivity index (χ0v) is 17.6. The van der Waals surface area contributed by atoms with Gasteiger partial charge in [0.1, 0.15) is 6.61 Å². The molecule has 3 aromatic rings. The van der Waals surface area contributed by atoms with Gasteiger partial charge in [0.05, 0.1) is 18.3 Å². The van der Waals surface area contributed by atoms with Gasteiger partial charge < -0.3 is 18.8 Å². The molecule has 0 N–H and O–H groups in total. The van der Waals surface area contributed by atoms with Crippen LogP contribution < -0.4 is 14.9 Å². The third-order valence-corrected chi connectivity index (χ3v) is 5.87. The summed E-state index contributed by atoms with van der Waals surface area (Å²) in [6.07, 6.45) is 3.66. The molecule has 1 aliphatic rings. The SMILES string of the molecule is COc1cc(B2OC(C)(C)C(C)(C)O2)ccc1OCc1cccc2ccncc12. The summed E-state index contributed by atoms with van der Waals surface area (Å²) in [4.78, 5) is 4.23. The predicted octanol–water partition coefficient (Wildman–Crippen LogP) is 4.12. The molecule has 1 fully saturated rings. The van der Waals surface area contributed by atoms with Gasteiger partial charge in [0, 0.05) is 17.8 Å². The van der Waals surface area contributed by atoms with E-state index in [1.807, 2.05) is 64.2 Å². The molecule has 0 atom stereocenters. The number of hydrogen-bond acceptors (Lipinski definition) is 5. The lowest BCUT2D eigenvalue weighted by Crippen LogP contribution is -2.41. The highest BCUT2D eigenvalue weighted by atomic mass is 16.7. The number of ether oxygens (including phenoxy) is 2. The van der Waals surface area contributed by atoms with E-state index in [4.69, 9.17) is 18.8 Å². The molecule has 2 aromatic carbocycles. The Kier molecular flexibility index (Phi) is 5.01. The maximum atomic E-state index is 6.14. The van der Waals surface area contributed by atoms with Crippen molar-refractivity contribution in [2.24, 2.45) is 0 Å².